The van der Waals surface area contributed by atoms with E-state index in [-0.39, 0.29) is 5.91 Å². The molecular weight excluding hydrogens is 226 g/mol. The standard InChI is InChI=1S/C12H16ClNO2/c1-10-4-2-3-5-11(10)14-12(15)6-8-16-9-7-13/h2-5H,6-9H2,1H3,(H,14,15). The smallest absolute Gasteiger partial charge is 0.226 e. The number of benzene rings is 1. The number of hydrogen-bond donors (Lipinski definition) is 1. The summed E-state index contributed by atoms with van der Waals surface area (Å²) in [6, 6.07) is 7.67. The van der Waals surface area contributed by atoms with Crippen molar-refractivity contribution in [2.24, 2.45) is 0 Å². The van der Waals surface area contributed by atoms with Gasteiger partial charge in [0.1, 0.15) is 0 Å². The Bertz CT molecular complexity index is 342. The van der Waals surface area contributed by atoms with E-state index in [1.807, 2.05) is 31.2 Å². The second kappa shape index (κ2) is 7.25. The molecule has 88 valence electrons. The Balaban J connectivity index is 2.32. The Morgan fingerprint density at radius 3 is 2.81 bits per heavy atom. The lowest BCUT2D eigenvalue weighted by Crippen LogP contribution is -2.15. The molecule has 0 aliphatic heterocycles. The van der Waals surface area contributed by atoms with Crippen LogP contribution in [-0.4, -0.2) is 25.0 Å². The molecule has 3 nitrogen and oxygen atoms in total. The van der Waals surface area contributed by atoms with E-state index in [9.17, 15) is 4.79 Å². The first kappa shape index (κ1) is 13.0. The topological polar surface area (TPSA) is 38.3 Å². The maximum Gasteiger partial charge on any atom is 0.226 e. The number of carbonyl (C=O) groups is 1. The van der Waals surface area contributed by atoms with Gasteiger partial charge in [-0.15, -0.1) is 11.6 Å². The average Bonchev–Trinajstić information content (AvgIpc) is 2.28. The molecule has 0 heterocycles. The van der Waals surface area contributed by atoms with Crippen molar-refractivity contribution in [3.8, 4) is 0 Å². The Morgan fingerprint density at radius 2 is 2.12 bits per heavy atom. The van der Waals surface area contributed by atoms with Gasteiger partial charge >= 0.3 is 0 Å². The van der Waals surface area contributed by atoms with Crippen LogP contribution in [-0.2, 0) is 9.53 Å². The molecule has 0 aromatic heterocycles. The number of aryl methyl sites for hydroxylation is 1. The van der Waals surface area contributed by atoms with Crippen LogP contribution in [0.25, 0.3) is 0 Å². The highest BCUT2D eigenvalue weighted by molar-refractivity contribution is 6.17. The minimum absolute atomic E-state index is 0.0381. The van der Waals surface area contributed by atoms with Crippen molar-refractivity contribution in [1.82, 2.24) is 0 Å². The van der Waals surface area contributed by atoms with Gasteiger partial charge in [0.05, 0.1) is 19.6 Å². The van der Waals surface area contributed by atoms with E-state index < -0.39 is 0 Å². The van der Waals surface area contributed by atoms with Crippen LogP contribution >= 0.6 is 11.6 Å². The Kier molecular flexibility index (Phi) is 5.90. The zero-order valence-electron chi connectivity index (χ0n) is 9.33. The quantitative estimate of drug-likeness (QED) is 0.614. The summed E-state index contributed by atoms with van der Waals surface area (Å²) in [7, 11) is 0. The van der Waals surface area contributed by atoms with Crippen molar-refractivity contribution >= 4 is 23.2 Å². The molecular formula is C12H16ClNO2. The van der Waals surface area contributed by atoms with Crippen molar-refractivity contribution in [2.45, 2.75) is 13.3 Å². The average molecular weight is 242 g/mol. The molecule has 0 fully saturated rings. The number of para-hydroxylation sites is 1. The fourth-order valence-electron chi connectivity index (χ4n) is 1.25. The van der Waals surface area contributed by atoms with E-state index in [4.69, 9.17) is 16.3 Å². The number of rotatable bonds is 6. The van der Waals surface area contributed by atoms with Gasteiger partial charge in [0, 0.05) is 11.6 Å². The molecule has 1 N–H and O–H groups in total. The number of amides is 1. The molecule has 1 aromatic rings. The van der Waals surface area contributed by atoms with Crippen molar-refractivity contribution < 1.29 is 9.53 Å². The molecule has 1 amide bonds. The largest absolute Gasteiger partial charge is 0.380 e. The summed E-state index contributed by atoms with van der Waals surface area (Å²) >= 11 is 5.44. The summed E-state index contributed by atoms with van der Waals surface area (Å²) in [5.74, 6) is 0.420. The van der Waals surface area contributed by atoms with Crippen molar-refractivity contribution in [2.75, 3.05) is 24.4 Å². The molecule has 0 atom stereocenters. The summed E-state index contributed by atoms with van der Waals surface area (Å²) in [6.07, 6.45) is 0.352. The highest BCUT2D eigenvalue weighted by atomic mass is 35.5. The first-order chi connectivity index (χ1) is 7.74. The summed E-state index contributed by atoms with van der Waals surface area (Å²) in [6.45, 7) is 2.85. The molecule has 0 radical (unpaired) electrons. The van der Waals surface area contributed by atoms with Crippen LogP contribution in [0, 0.1) is 6.92 Å². The zero-order chi connectivity index (χ0) is 11.8. The van der Waals surface area contributed by atoms with Gasteiger partial charge in [-0.1, -0.05) is 18.2 Å². The number of halogens is 1. The number of carbonyl (C=O) groups excluding carboxylic acids is 1. The van der Waals surface area contributed by atoms with E-state index in [0.29, 0.717) is 25.5 Å². The van der Waals surface area contributed by atoms with E-state index >= 15 is 0 Å². The summed E-state index contributed by atoms with van der Waals surface area (Å²) in [5, 5.41) is 2.84. The van der Waals surface area contributed by atoms with Crippen LogP contribution in [0.15, 0.2) is 24.3 Å². The number of nitrogens with one attached hydrogen (secondary N) is 1. The summed E-state index contributed by atoms with van der Waals surface area (Å²) in [4.78, 5) is 11.5. The molecule has 0 aliphatic rings. The third-order valence-corrected chi connectivity index (χ3v) is 2.27. The lowest BCUT2D eigenvalue weighted by molar-refractivity contribution is -0.117. The van der Waals surface area contributed by atoms with Gasteiger partial charge in [-0.05, 0) is 18.6 Å². The fourth-order valence-corrected chi connectivity index (χ4v) is 1.36. The monoisotopic (exact) mass is 241 g/mol. The van der Waals surface area contributed by atoms with E-state index in [1.165, 1.54) is 0 Å². The SMILES string of the molecule is Cc1ccccc1NC(=O)CCOCCCl. The predicted molar refractivity (Wildman–Crippen MR) is 66.0 cm³/mol. The zero-order valence-corrected chi connectivity index (χ0v) is 10.1. The lowest BCUT2D eigenvalue weighted by Gasteiger charge is -2.07. The second-order valence-electron chi connectivity index (χ2n) is 3.41. The number of alkyl halides is 1. The maximum atomic E-state index is 11.5. The van der Waals surface area contributed by atoms with E-state index in [2.05, 4.69) is 5.32 Å². The van der Waals surface area contributed by atoms with Crippen LogP contribution in [0.1, 0.15) is 12.0 Å². The summed E-state index contributed by atoms with van der Waals surface area (Å²) < 4.78 is 5.13. The normalized spacial score (nSPS) is 10.1. The number of anilines is 1. The van der Waals surface area contributed by atoms with Crippen LogP contribution in [0.5, 0.6) is 0 Å². The molecule has 1 rings (SSSR count). The fraction of sp³-hybridized carbons (Fsp3) is 0.417. The second-order valence-corrected chi connectivity index (χ2v) is 3.79. The molecule has 0 saturated heterocycles. The number of ether oxygens (including phenoxy) is 1. The molecule has 4 heteroatoms. The molecule has 0 saturated carbocycles. The van der Waals surface area contributed by atoms with Crippen molar-refractivity contribution in [3.05, 3.63) is 29.8 Å². The van der Waals surface area contributed by atoms with Gasteiger partial charge < -0.3 is 10.1 Å². The molecule has 1 aromatic carbocycles. The van der Waals surface area contributed by atoms with Crippen molar-refractivity contribution in [1.29, 1.82) is 0 Å². The highest BCUT2D eigenvalue weighted by Crippen LogP contribution is 2.13. The van der Waals surface area contributed by atoms with Crippen LogP contribution < -0.4 is 5.32 Å². The maximum absolute atomic E-state index is 11.5. The minimum atomic E-state index is -0.0381. The van der Waals surface area contributed by atoms with Gasteiger partial charge in [-0.2, -0.15) is 0 Å². The van der Waals surface area contributed by atoms with Gasteiger partial charge in [0.2, 0.25) is 5.91 Å². The van der Waals surface area contributed by atoms with Crippen LogP contribution in [0.3, 0.4) is 0 Å². The minimum Gasteiger partial charge on any atom is -0.380 e. The lowest BCUT2D eigenvalue weighted by atomic mass is 10.2. The summed E-state index contributed by atoms with van der Waals surface area (Å²) in [5.41, 5.74) is 1.90. The van der Waals surface area contributed by atoms with Gasteiger partial charge in [-0.25, -0.2) is 0 Å². The van der Waals surface area contributed by atoms with E-state index in [1.54, 1.807) is 0 Å². The van der Waals surface area contributed by atoms with E-state index in [0.717, 1.165) is 11.3 Å². The predicted octanol–water partition coefficient (Wildman–Crippen LogP) is 2.58. The Labute approximate surface area is 101 Å². The van der Waals surface area contributed by atoms with Gasteiger partial charge in [0.15, 0.2) is 0 Å². The van der Waals surface area contributed by atoms with Crippen molar-refractivity contribution in [3.63, 3.8) is 0 Å². The first-order valence-corrected chi connectivity index (χ1v) is 5.76. The molecule has 0 aliphatic carbocycles. The Morgan fingerprint density at radius 1 is 1.38 bits per heavy atom. The highest BCUT2D eigenvalue weighted by Gasteiger charge is 2.03. The molecule has 0 bridgehead atoms. The van der Waals surface area contributed by atoms with Gasteiger partial charge in [-0.3, -0.25) is 4.79 Å². The Hall–Kier alpha value is -1.06. The first-order valence-electron chi connectivity index (χ1n) is 5.23. The molecule has 0 spiro atoms. The number of hydrogen-bond acceptors (Lipinski definition) is 2. The van der Waals surface area contributed by atoms with Crippen LogP contribution in [0.4, 0.5) is 5.69 Å². The third-order valence-electron chi connectivity index (χ3n) is 2.11. The molecule has 16 heavy (non-hydrogen) atoms. The van der Waals surface area contributed by atoms with Crippen LogP contribution in [0.2, 0.25) is 0 Å². The molecule has 0 unspecified atom stereocenters. The van der Waals surface area contributed by atoms with Gasteiger partial charge in [0.25, 0.3) is 0 Å². The third kappa shape index (κ3) is 4.64.